The molecule has 0 amide bonds. The molecule has 2 N–H and O–H groups in total. The van der Waals surface area contributed by atoms with Gasteiger partial charge in [0.2, 0.25) is 0 Å². The Bertz CT molecular complexity index is 1710. The van der Waals surface area contributed by atoms with Crippen molar-refractivity contribution in [3.63, 3.8) is 0 Å². The molecular formula is C36H41FN6O2. The van der Waals surface area contributed by atoms with Crippen molar-refractivity contribution in [2.45, 2.75) is 93.7 Å². The fourth-order valence-corrected chi connectivity index (χ4v) is 9.89. The maximum Gasteiger partial charge on any atom is 0.318 e. The van der Waals surface area contributed by atoms with E-state index in [1.807, 2.05) is 24.3 Å². The Morgan fingerprint density at radius 3 is 2.78 bits per heavy atom. The molecule has 45 heavy (non-hydrogen) atoms. The van der Waals surface area contributed by atoms with Gasteiger partial charge in [0.25, 0.3) is 0 Å². The Kier molecular flexibility index (Phi) is 6.27. The van der Waals surface area contributed by atoms with Gasteiger partial charge in [-0.05, 0) is 75.4 Å². The number of hydrogen-bond donors (Lipinski definition) is 2. The molecule has 6 aliphatic rings. The lowest BCUT2D eigenvalue weighted by molar-refractivity contribution is 0.0808. The van der Waals surface area contributed by atoms with Crippen LogP contribution in [-0.4, -0.2) is 82.1 Å². The number of benzene rings is 2. The largest absolute Gasteiger partial charge is 0.508 e. The van der Waals surface area contributed by atoms with Crippen LogP contribution in [0, 0.1) is 12.3 Å². The van der Waals surface area contributed by atoms with E-state index < -0.39 is 5.67 Å². The number of phenolic OH excluding ortho intramolecular Hbond substituents is 1. The summed E-state index contributed by atoms with van der Waals surface area (Å²) in [6.07, 6.45) is 14.3. The Balaban J connectivity index is 1.07. The molecule has 2 bridgehead atoms. The first-order valence-electron chi connectivity index (χ1n) is 16.9. The third kappa shape index (κ3) is 4.39. The first-order chi connectivity index (χ1) is 21.9. The van der Waals surface area contributed by atoms with Crippen LogP contribution in [-0.2, 0) is 13.0 Å². The zero-order chi connectivity index (χ0) is 30.3. The van der Waals surface area contributed by atoms with Crippen LogP contribution in [0.25, 0.3) is 10.8 Å². The van der Waals surface area contributed by atoms with E-state index in [0.717, 1.165) is 91.8 Å². The van der Waals surface area contributed by atoms with Crippen LogP contribution < -0.4 is 19.9 Å². The van der Waals surface area contributed by atoms with Crippen LogP contribution in [0.15, 0.2) is 30.3 Å². The molecule has 8 nitrogen and oxygen atoms in total. The molecule has 5 aliphatic heterocycles. The monoisotopic (exact) mass is 608 g/mol. The number of terminal acetylenes is 1. The van der Waals surface area contributed by atoms with Gasteiger partial charge >= 0.3 is 6.01 Å². The number of aromatic hydroxyl groups is 1. The maximum atomic E-state index is 16.0. The van der Waals surface area contributed by atoms with E-state index in [2.05, 4.69) is 25.9 Å². The van der Waals surface area contributed by atoms with Crippen LogP contribution >= 0.6 is 0 Å². The molecule has 5 unspecified atom stereocenters. The number of fused-ring (bicyclic) bond motifs is 7. The molecule has 5 atom stereocenters. The fourth-order valence-electron chi connectivity index (χ4n) is 9.89. The summed E-state index contributed by atoms with van der Waals surface area (Å²) in [5, 5.41) is 16.3. The minimum Gasteiger partial charge on any atom is -0.508 e. The summed E-state index contributed by atoms with van der Waals surface area (Å²) in [6.45, 7) is 4.55. The lowest BCUT2D eigenvalue weighted by Gasteiger charge is -2.38. The van der Waals surface area contributed by atoms with Crippen LogP contribution in [0.5, 0.6) is 11.8 Å². The van der Waals surface area contributed by atoms with Gasteiger partial charge in [-0.25, -0.2) is 4.39 Å². The smallest absolute Gasteiger partial charge is 0.318 e. The number of nitrogens with one attached hydrogen (secondary N) is 1. The predicted molar refractivity (Wildman–Crippen MR) is 173 cm³/mol. The average Bonchev–Trinajstić information content (AvgIpc) is 3.77. The van der Waals surface area contributed by atoms with Crippen molar-refractivity contribution < 1.29 is 14.2 Å². The molecule has 0 radical (unpaired) electrons. The van der Waals surface area contributed by atoms with Crippen LogP contribution in [0.3, 0.4) is 0 Å². The minimum absolute atomic E-state index is 0.0264. The van der Waals surface area contributed by atoms with E-state index in [4.69, 9.17) is 21.1 Å². The number of alkyl halides is 1. The van der Waals surface area contributed by atoms with Gasteiger partial charge in [0.15, 0.2) is 0 Å². The number of rotatable bonds is 5. The van der Waals surface area contributed by atoms with Gasteiger partial charge in [0.1, 0.15) is 23.8 Å². The highest BCUT2D eigenvalue weighted by Gasteiger charge is 2.63. The Morgan fingerprint density at radius 1 is 1.07 bits per heavy atom. The predicted octanol–water partition coefficient (Wildman–Crippen LogP) is 4.70. The van der Waals surface area contributed by atoms with E-state index in [9.17, 15) is 5.11 Å². The first kappa shape index (κ1) is 27.7. The van der Waals surface area contributed by atoms with Crippen molar-refractivity contribution in [3.05, 3.63) is 47.2 Å². The summed E-state index contributed by atoms with van der Waals surface area (Å²) in [6, 6.07) is 10.8. The Hall–Kier alpha value is -3.61. The summed E-state index contributed by atoms with van der Waals surface area (Å²) < 4.78 is 22.6. The molecule has 6 heterocycles. The van der Waals surface area contributed by atoms with E-state index in [1.165, 1.54) is 18.4 Å². The SMILES string of the molecule is C#Cc1cccc2cc(O)cc(N3CCc4c(nc(OCC56CCCN5C5CCCC5(F)C6)nc4N4CC5CCC(C4)N5)C3)c12. The van der Waals surface area contributed by atoms with Crippen molar-refractivity contribution in [2.24, 2.45) is 0 Å². The number of nitrogens with zero attached hydrogens (tertiary/aromatic N) is 5. The quantitative estimate of drug-likeness (QED) is 0.404. The lowest BCUT2D eigenvalue weighted by Crippen LogP contribution is -2.52. The highest BCUT2D eigenvalue weighted by Crippen LogP contribution is 2.55. The Labute approximate surface area is 264 Å². The molecule has 0 spiro atoms. The zero-order valence-electron chi connectivity index (χ0n) is 25.8. The van der Waals surface area contributed by atoms with Crippen molar-refractivity contribution in [1.29, 1.82) is 0 Å². The van der Waals surface area contributed by atoms with Crippen LogP contribution in [0.2, 0.25) is 0 Å². The molecular weight excluding hydrogens is 567 g/mol. The summed E-state index contributed by atoms with van der Waals surface area (Å²) in [5.41, 5.74) is 2.50. The van der Waals surface area contributed by atoms with E-state index >= 15 is 4.39 Å². The molecule has 2 aromatic carbocycles. The number of aromatic nitrogens is 2. The highest BCUT2D eigenvalue weighted by molar-refractivity contribution is 6.00. The molecule has 1 aliphatic carbocycles. The van der Waals surface area contributed by atoms with Gasteiger partial charge in [-0.15, -0.1) is 6.42 Å². The molecule has 234 valence electrons. The van der Waals surface area contributed by atoms with E-state index in [1.54, 1.807) is 6.07 Å². The number of phenols is 1. The van der Waals surface area contributed by atoms with Crippen molar-refractivity contribution in [2.75, 3.05) is 42.6 Å². The van der Waals surface area contributed by atoms with Gasteiger partial charge in [-0.2, -0.15) is 9.97 Å². The third-order valence-electron chi connectivity index (χ3n) is 11.8. The summed E-state index contributed by atoms with van der Waals surface area (Å²) >= 11 is 0. The second kappa shape index (κ2) is 10.2. The molecule has 1 saturated carbocycles. The van der Waals surface area contributed by atoms with Gasteiger partial charge < -0.3 is 25.0 Å². The van der Waals surface area contributed by atoms with Gasteiger partial charge in [0, 0.05) is 72.4 Å². The number of ether oxygens (including phenoxy) is 1. The van der Waals surface area contributed by atoms with E-state index in [0.29, 0.717) is 44.1 Å². The van der Waals surface area contributed by atoms with Crippen molar-refractivity contribution in [3.8, 4) is 24.1 Å². The number of halogens is 1. The van der Waals surface area contributed by atoms with Gasteiger partial charge in [0.05, 0.1) is 17.8 Å². The number of hydrogen-bond acceptors (Lipinski definition) is 8. The number of anilines is 2. The summed E-state index contributed by atoms with van der Waals surface area (Å²) in [7, 11) is 0. The first-order valence-corrected chi connectivity index (χ1v) is 16.9. The van der Waals surface area contributed by atoms with Crippen LogP contribution in [0.1, 0.15) is 68.2 Å². The molecule has 9 rings (SSSR count). The molecule has 3 aromatic rings. The van der Waals surface area contributed by atoms with Crippen molar-refractivity contribution >= 4 is 22.3 Å². The Morgan fingerprint density at radius 2 is 1.93 bits per heavy atom. The molecule has 9 heteroatoms. The molecule has 4 saturated heterocycles. The summed E-state index contributed by atoms with van der Waals surface area (Å²) in [5.74, 6) is 4.05. The van der Waals surface area contributed by atoms with Gasteiger partial charge in [-0.1, -0.05) is 18.1 Å². The zero-order valence-corrected chi connectivity index (χ0v) is 25.8. The molecule has 1 aromatic heterocycles. The molecule has 5 fully saturated rings. The third-order valence-corrected chi connectivity index (χ3v) is 11.8. The lowest BCUT2D eigenvalue weighted by atomic mass is 9.88. The normalized spacial score (nSPS) is 32.0. The average molecular weight is 609 g/mol. The van der Waals surface area contributed by atoms with E-state index in [-0.39, 0.29) is 17.3 Å². The summed E-state index contributed by atoms with van der Waals surface area (Å²) in [4.78, 5) is 17.3. The topological polar surface area (TPSA) is 77.0 Å². The minimum atomic E-state index is -1.09. The highest BCUT2D eigenvalue weighted by atomic mass is 19.1. The van der Waals surface area contributed by atoms with Crippen molar-refractivity contribution in [1.82, 2.24) is 20.2 Å². The fraction of sp³-hybridized carbons (Fsp3) is 0.556. The second-order valence-electron chi connectivity index (χ2n) is 14.4. The maximum absolute atomic E-state index is 16.0. The number of piperazine rings is 1. The van der Waals surface area contributed by atoms with Crippen LogP contribution in [0.4, 0.5) is 15.9 Å². The standard InChI is InChI=1S/C36H41FN6O2/c1-2-23-6-3-7-24-16-27(44)17-30(32(23)24)41-15-11-28-29(20-41)39-34(40-33(28)42-18-25-9-10-26(19-42)38-25)45-22-35-12-5-14-43(35)31-8-4-13-36(31,37)21-35/h1,3,6-7,16-17,25-26,31,38,44H,4-5,8-15,18-22H2. The second-order valence-corrected chi connectivity index (χ2v) is 14.4. The van der Waals surface area contributed by atoms with Gasteiger partial charge in [-0.3, -0.25) is 4.90 Å².